The molecule has 2 aromatic carbocycles. The summed E-state index contributed by atoms with van der Waals surface area (Å²) < 4.78 is 7.46. The molecular weight excluding hydrogens is 438 g/mol. The van der Waals surface area contributed by atoms with E-state index in [4.69, 9.17) is 4.42 Å². The lowest BCUT2D eigenvalue weighted by Crippen LogP contribution is -2.22. The van der Waals surface area contributed by atoms with Gasteiger partial charge < -0.3 is 14.6 Å². The van der Waals surface area contributed by atoms with Crippen LogP contribution < -0.4 is 10.2 Å². The van der Waals surface area contributed by atoms with Crippen LogP contribution in [-0.4, -0.2) is 39.4 Å². The highest BCUT2D eigenvalue weighted by atomic mass is 32.2. The van der Waals surface area contributed by atoms with E-state index >= 15 is 0 Å². The number of aromatic nitrogens is 3. The number of amides is 2. The summed E-state index contributed by atoms with van der Waals surface area (Å²) in [6, 6.07) is 20.7. The van der Waals surface area contributed by atoms with Gasteiger partial charge in [0.05, 0.1) is 18.6 Å². The SMILES string of the molecule is CC(=O)N(C)c1ccc(NC(=O)CSc2nnc(-c3ccco3)n2Cc2ccccc2)cc1. The maximum Gasteiger partial charge on any atom is 0.234 e. The highest BCUT2D eigenvalue weighted by molar-refractivity contribution is 7.99. The van der Waals surface area contributed by atoms with Gasteiger partial charge in [-0.05, 0) is 42.0 Å². The lowest BCUT2D eigenvalue weighted by Gasteiger charge is -2.15. The molecule has 0 atom stereocenters. The number of hydrogen-bond donors (Lipinski definition) is 1. The zero-order valence-electron chi connectivity index (χ0n) is 18.3. The van der Waals surface area contributed by atoms with Crippen LogP contribution >= 0.6 is 11.8 Å². The second-order valence-corrected chi connectivity index (χ2v) is 8.26. The van der Waals surface area contributed by atoms with E-state index in [1.54, 1.807) is 43.6 Å². The summed E-state index contributed by atoms with van der Waals surface area (Å²) >= 11 is 1.31. The van der Waals surface area contributed by atoms with Gasteiger partial charge in [0.25, 0.3) is 0 Å². The minimum Gasteiger partial charge on any atom is -0.461 e. The molecule has 0 saturated heterocycles. The highest BCUT2D eigenvalue weighted by Crippen LogP contribution is 2.26. The van der Waals surface area contributed by atoms with Gasteiger partial charge >= 0.3 is 0 Å². The fourth-order valence-electron chi connectivity index (χ4n) is 3.17. The second kappa shape index (κ2) is 10.2. The average Bonchev–Trinajstić information content (AvgIpc) is 3.48. The minimum absolute atomic E-state index is 0.0586. The molecule has 4 aromatic rings. The van der Waals surface area contributed by atoms with Gasteiger partial charge in [-0.1, -0.05) is 42.1 Å². The summed E-state index contributed by atoms with van der Waals surface area (Å²) in [5, 5.41) is 12.1. The summed E-state index contributed by atoms with van der Waals surface area (Å²) in [5.74, 6) is 1.17. The van der Waals surface area contributed by atoms with Gasteiger partial charge in [0.2, 0.25) is 17.6 Å². The molecule has 0 aliphatic rings. The zero-order chi connectivity index (χ0) is 23.2. The Balaban J connectivity index is 1.44. The molecule has 8 nitrogen and oxygen atoms in total. The van der Waals surface area contributed by atoms with Crippen LogP contribution in [0.1, 0.15) is 12.5 Å². The van der Waals surface area contributed by atoms with Crippen molar-refractivity contribution in [3.05, 3.63) is 78.6 Å². The van der Waals surface area contributed by atoms with Crippen LogP contribution in [0, 0.1) is 0 Å². The van der Waals surface area contributed by atoms with Gasteiger partial charge in [0.15, 0.2) is 10.9 Å². The van der Waals surface area contributed by atoms with E-state index in [1.807, 2.05) is 41.0 Å². The Morgan fingerprint density at radius 1 is 1.03 bits per heavy atom. The van der Waals surface area contributed by atoms with Gasteiger partial charge in [-0.25, -0.2) is 0 Å². The van der Waals surface area contributed by atoms with Crippen molar-refractivity contribution >= 4 is 35.0 Å². The molecule has 0 bridgehead atoms. The summed E-state index contributed by atoms with van der Waals surface area (Å²) in [7, 11) is 1.70. The standard InChI is InChI=1S/C24H23N5O3S/c1-17(30)28(2)20-12-10-19(11-13-20)25-22(31)16-33-24-27-26-23(21-9-6-14-32-21)29(24)15-18-7-4-3-5-8-18/h3-14H,15-16H2,1-2H3,(H,25,31). The van der Waals surface area contributed by atoms with Crippen LogP contribution in [0.3, 0.4) is 0 Å². The summed E-state index contributed by atoms with van der Waals surface area (Å²) in [6.07, 6.45) is 1.59. The Hall–Kier alpha value is -3.85. The van der Waals surface area contributed by atoms with Crippen LogP contribution in [-0.2, 0) is 16.1 Å². The first kappa shape index (κ1) is 22.3. The molecule has 168 valence electrons. The molecule has 2 aromatic heterocycles. The molecule has 0 saturated carbocycles. The third-order valence-electron chi connectivity index (χ3n) is 4.98. The molecule has 0 spiro atoms. The Kier molecular flexibility index (Phi) is 6.89. The van der Waals surface area contributed by atoms with Crippen LogP contribution in [0.15, 0.2) is 82.6 Å². The third-order valence-corrected chi connectivity index (χ3v) is 5.95. The van der Waals surface area contributed by atoms with Crippen molar-refractivity contribution in [2.45, 2.75) is 18.6 Å². The predicted molar refractivity (Wildman–Crippen MR) is 128 cm³/mol. The minimum atomic E-state index is -0.165. The molecule has 2 heterocycles. The topological polar surface area (TPSA) is 93.3 Å². The normalized spacial score (nSPS) is 10.7. The summed E-state index contributed by atoms with van der Waals surface area (Å²) in [6.45, 7) is 2.06. The largest absolute Gasteiger partial charge is 0.461 e. The van der Waals surface area contributed by atoms with Crippen molar-refractivity contribution in [2.24, 2.45) is 0 Å². The smallest absolute Gasteiger partial charge is 0.234 e. The molecule has 0 unspecified atom stereocenters. The van der Waals surface area contributed by atoms with Crippen molar-refractivity contribution in [3.8, 4) is 11.6 Å². The van der Waals surface area contributed by atoms with Gasteiger partial charge in [-0.15, -0.1) is 10.2 Å². The number of benzene rings is 2. The number of thioether (sulfide) groups is 1. The Labute approximate surface area is 195 Å². The maximum atomic E-state index is 12.5. The highest BCUT2D eigenvalue weighted by Gasteiger charge is 2.18. The van der Waals surface area contributed by atoms with E-state index < -0.39 is 0 Å². The van der Waals surface area contributed by atoms with Gasteiger partial charge in [0, 0.05) is 25.3 Å². The first-order valence-electron chi connectivity index (χ1n) is 10.3. The molecule has 2 amide bonds. The maximum absolute atomic E-state index is 12.5. The lowest BCUT2D eigenvalue weighted by molar-refractivity contribution is -0.116. The fraction of sp³-hybridized carbons (Fsp3) is 0.167. The van der Waals surface area contributed by atoms with Crippen LogP contribution in [0.2, 0.25) is 0 Å². The molecule has 1 N–H and O–H groups in total. The van der Waals surface area contributed by atoms with E-state index in [-0.39, 0.29) is 17.6 Å². The molecule has 0 aliphatic carbocycles. The molecule has 4 rings (SSSR count). The molecule has 0 radical (unpaired) electrons. The van der Waals surface area contributed by atoms with Gasteiger partial charge in [-0.3, -0.25) is 14.2 Å². The van der Waals surface area contributed by atoms with Crippen molar-refractivity contribution in [3.63, 3.8) is 0 Å². The molecular formula is C24H23N5O3S. The van der Waals surface area contributed by atoms with Crippen LogP contribution in [0.5, 0.6) is 0 Å². The second-order valence-electron chi connectivity index (χ2n) is 7.32. The molecule has 33 heavy (non-hydrogen) atoms. The quantitative estimate of drug-likeness (QED) is 0.393. The number of rotatable bonds is 8. The average molecular weight is 462 g/mol. The van der Waals surface area contributed by atoms with E-state index in [0.717, 1.165) is 11.3 Å². The van der Waals surface area contributed by atoms with E-state index in [1.165, 1.54) is 23.6 Å². The number of carbonyl (C=O) groups excluding carboxylic acids is 2. The number of carbonyl (C=O) groups is 2. The van der Waals surface area contributed by atoms with Gasteiger partial charge in [-0.2, -0.15) is 0 Å². The zero-order valence-corrected chi connectivity index (χ0v) is 19.1. The first-order chi connectivity index (χ1) is 16.0. The molecule has 9 heteroatoms. The fourth-order valence-corrected chi connectivity index (χ4v) is 3.91. The first-order valence-corrected chi connectivity index (χ1v) is 11.3. The number of nitrogens with zero attached hydrogens (tertiary/aromatic N) is 4. The van der Waals surface area contributed by atoms with Crippen molar-refractivity contribution in [2.75, 3.05) is 23.0 Å². The van der Waals surface area contributed by atoms with Crippen LogP contribution in [0.4, 0.5) is 11.4 Å². The number of hydrogen-bond acceptors (Lipinski definition) is 6. The van der Waals surface area contributed by atoms with E-state index in [2.05, 4.69) is 15.5 Å². The number of anilines is 2. The van der Waals surface area contributed by atoms with Crippen molar-refractivity contribution < 1.29 is 14.0 Å². The summed E-state index contributed by atoms with van der Waals surface area (Å²) in [5.41, 5.74) is 2.50. The molecule has 0 aliphatic heterocycles. The van der Waals surface area contributed by atoms with E-state index in [9.17, 15) is 9.59 Å². The third kappa shape index (κ3) is 5.50. The van der Waals surface area contributed by atoms with Crippen molar-refractivity contribution in [1.82, 2.24) is 14.8 Å². The number of furan rings is 1. The van der Waals surface area contributed by atoms with E-state index in [0.29, 0.717) is 29.0 Å². The van der Waals surface area contributed by atoms with Gasteiger partial charge in [0.1, 0.15) is 0 Å². The Morgan fingerprint density at radius 2 is 1.79 bits per heavy atom. The Bertz CT molecular complexity index is 1220. The molecule has 0 fully saturated rings. The number of nitrogens with one attached hydrogen (secondary N) is 1. The Morgan fingerprint density at radius 3 is 2.45 bits per heavy atom. The summed E-state index contributed by atoms with van der Waals surface area (Å²) in [4.78, 5) is 25.6. The predicted octanol–water partition coefficient (Wildman–Crippen LogP) is 4.30. The monoisotopic (exact) mass is 461 g/mol. The van der Waals surface area contributed by atoms with Crippen molar-refractivity contribution in [1.29, 1.82) is 0 Å². The van der Waals surface area contributed by atoms with Crippen LogP contribution in [0.25, 0.3) is 11.6 Å². The lowest BCUT2D eigenvalue weighted by atomic mass is 10.2.